The molecule has 3 rings (SSSR count). The fraction of sp³-hybridized carbons (Fsp3) is 0.353. The Morgan fingerprint density at radius 3 is 2.78 bits per heavy atom. The largest absolute Gasteiger partial charge is 0.387 e. The second kappa shape index (κ2) is 6.75. The molecule has 4 N–H and O–H groups in total. The van der Waals surface area contributed by atoms with E-state index in [4.69, 9.17) is 16.2 Å². The van der Waals surface area contributed by atoms with E-state index in [1.807, 2.05) is 37.3 Å². The smallest absolute Gasteiger partial charge is 0.222 e. The lowest BCUT2D eigenvalue weighted by atomic mass is 10.1. The summed E-state index contributed by atoms with van der Waals surface area (Å²) >= 11 is 0. The van der Waals surface area contributed by atoms with Gasteiger partial charge in [-0.2, -0.15) is 4.98 Å². The van der Waals surface area contributed by atoms with Crippen LogP contribution in [-0.4, -0.2) is 28.5 Å². The number of aliphatic imine (C=N–C) groups is 1. The highest BCUT2D eigenvalue weighted by molar-refractivity contribution is 5.84. The molecule has 0 radical (unpaired) electrons. The standard InChI is InChI=1S/C17H21N5O/c1-11-15(12-6-3-2-4-7-12)21-17(19)22-16(11)20-14(18)10-13-8-5-9-23-13/h2-4,6-7,13H,5,8-10H2,1H3,(H4,18,19,20,21,22). The van der Waals surface area contributed by atoms with E-state index in [-0.39, 0.29) is 12.1 Å². The summed E-state index contributed by atoms with van der Waals surface area (Å²) in [6, 6.07) is 9.85. The Labute approximate surface area is 135 Å². The molecule has 2 aromatic rings. The fourth-order valence-electron chi connectivity index (χ4n) is 2.73. The first kappa shape index (κ1) is 15.4. The molecule has 1 aliphatic heterocycles. The summed E-state index contributed by atoms with van der Waals surface area (Å²) in [7, 11) is 0. The van der Waals surface area contributed by atoms with E-state index in [9.17, 15) is 0 Å². The van der Waals surface area contributed by atoms with Crippen molar-refractivity contribution in [3.63, 3.8) is 0 Å². The van der Waals surface area contributed by atoms with Crippen LogP contribution in [-0.2, 0) is 4.74 Å². The number of hydrogen-bond acceptors (Lipinski definition) is 5. The number of amidine groups is 1. The molecular weight excluding hydrogens is 290 g/mol. The van der Waals surface area contributed by atoms with Crippen LogP contribution in [0.5, 0.6) is 0 Å². The minimum atomic E-state index is 0.159. The van der Waals surface area contributed by atoms with Gasteiger partial charge in [0.1, 0.15) is 5.84 Å². The molecular formula is C17H21N5O. The predicted octanol–water partition coefficient (Wildman–Crippen LogP) is 2.59. The van der Waals surface area contributed by atoms with Gasteiger partial charge in [-0.05, 0) is 19.8 Å². The van der Waals surface area contributed by atoms with Crippen molar-refractivity contribution in [2.45, 2.75) is 32.3 Å². The van der Waals surface area contributed by atoms with Gasteiger partial charge >= 0.3 is 0 Å². The van der Waals surface area contributed by atoms with Crippen molar-refractivity contribution < 1.29 is 4.74 Å². The van der Waals surface area contributed by atoms with Crippen LogP contribution in [0.4, 0.5) is 11.8 Å². The van der Waals surface area contributed by atoms with Gasteiger partial charge in [0, 0.05) is 24.2 Å². The highest BCUT2D eigenvalue weighted by Gasteiger charge is 2.17. The highest BCUT2D eigenvalue weighted by atomic mass is 16.5. The number of nitrogens with two attached hydrogens (primary N) is 2. The molecule has 1 fully saturated rings. The Morgan fingerprint density at radius 2 is 2.09 bits per heavy atom. The second-order valence-electron chi connectivity index (χ2n) is 5.69. The van der Waals surface area contributed by atoms with Crippen molar-refractivity contribution in [2.75, 3.05) is 12.3 Å². The van der Waals surface area contributed by atoms with Gasteiger partial charge in [-0.15, -0.1) is 0 Å². The van der Waals surface area contributed by atoms with Gasteiger partial charge in [-0.1, -0.05) is 30.3 Å². The number of benzene rings is 1. The van der Waals surface area contributed by atoms with Crippen LogP contribution >= 0.6 is 0 Å². The maximum absolute atomic E-state index is 6.06. The summed E-state index contributed by atoms with van der Waals surface area (Å²) in [6.45, 7) is 2.73. The van der Waals surface area contributed by atoms with Gasteiger partial charge in [-0.25, -0.2) is 9.98 Å². The third-order valence-electron chi connectivity index (χ3n) is 3.89. The summed E-state index contributed by atoms with van der Waals surface area (Å²) < 4.78 is 5.59. The van der Waals surface area contributed by atoms with Gasteiger partial charge in [0.05, 0.1) is 11.8 Å². The van der Waals surface area contributed by atoms with Crippen molar-refractivity contribution in [1.29, 1.82) is 0 Å². The molecule has 0 saturated carbocycles. The maximum atomic E-state index is 6.06. The van der Waals surface area contributed by atoms with E-state index in [0.29, 0.717) is 18.1 Å². The number of rotatable bonds is 4. The predicted molar refractivity (Wildman–Crippen MR) is 91.5 cm³/mol. The lowest BCUT2D eigenvalue weighted by Crippen LogP contribution is -2.19. The average molecular weight is 311 g/mol. The van der Waals surface area contributed by atoms with Crippen molar-refractivity contribution >= 4 is 17.6 Å². The number of aromatic nitrogens is 2. The molecule has 1 aromatic carbocycles. The van der Waals surface area contributed by atoms with Gasteiger partial charge < -0.3 is 16.2 Å². The van der Waals surface area contributed by atoms with Crippen LogP contribution in [0.3, 0.4) is 0 Å². The molecule has 23 heavy (non-hydrogen) atoms. The first-order valence-corrected chi connectivity index (χ1v) is 7.77. The van der Waals surface area contributed by atoms with E-state index >= 15 is 0 Å². The van der Waals surface area contributed by atoms with Gasteiger partial charge in [0.2, 0.25) is 5.95 Å². The minimum absolute atomic E-state index is 0.159. The number of nitrogens with zero attached hydrogens (tertiary/aromatic N) is 3. The highest BCUT2D eigenvalue weighted by Crippen LogP contribution is 2.28. The number of hydrogen-bond donors (Lipinski definition) is 2. The van der Waals surface area contributed by atoms with E-state index in [1.54, 1.807) is 0 Å². The topological polar surface area (TPSA) is 99.4 Å². The zero-order valence-electron chi connectivity index (χ0n) is 13.2. The zero-order valence-corrected chi connectivity index (χ0v) is 13.2. The van der Waals surface area contributed by atoms with E-state index < -0.39 is 0 Å². The molecule has 6 heteroatoms. The maximum Gasteiger partial charge on any atom is 0.222 e. The normalized spacial score (nSPS) is 18.3. The number of anilines is 1. The number of nitrogen functional groups attached to an aromatic ring is 1. The van der Waals surface area contributed by atoms with Crippen molar-refractivity contribution in [2.24, 2.45) is 10.7 Å². The Hall–Kier alpha value is -2.47. The van der Waals surface area contributed by atoms with Gasteiger partial charge in [0.25, 0.3) is 0 Å². The molecule has 1 aliphatic rings. The minimum Gasteiger partial charge on any atom is -0.387 e. The Balaban J connectivity index is 1.91. The molecule has 6 nitrogen and oxygen atoms in total. The SMILES string of the molecule is Cc1c(N=C(N)CC2CCCO2)nc(N)nc1-c1ccccc1. The van der Waals surface area contributed by atoms with Gasteiger partial charge in [0.15, 0.2) is 5.82 Å². The van der Waals surface area contributed by atoms with Crippen LogP contribution in [0, 0.1) is 6.92 Å². The summed E-state index contributed by atoms with van der Waals surface area (Å²) in [5, 5.41) is 0. The van der Waals surface area contributed by atoms with Crippen molar-refractivity contribution in [3.05, 3.63) is 35.9 Å². The van der Waals surface area contributed by atoms with Crippen LogP contribution in [0.1, 0.15) is 24.8 Å². The summed E-state index contributed by atoms with van der Waals surface area (Å²) in [5.74, 6) is 1.22. The summed E-state index contributed by atoms with van der Waals surface area (Å²) in [6.07, 6.45) is 2.88. The molecule has 1 unspecified atom stereocenters. The first-order valence-electron chi connectivity index (χ1n) is 7.77. The van der Waals surface area contributed by atoms with Crippen molar-refractivity contribution in [3.8, 4) is 11.3 Å². The molecule has 1 atom stereocenters. The van der Waals surface area contributed by atoms with E-state index in [1.165, 1.54) is 0 Å². The van der Waals surface area contributed by atoms with Crippen molar-refractivity contribution in [1.82, 2.24) is 9.97 Å². The fourth-order valence-corrected chi connectivity index (χ4v) is 2.73. The zero-order chi connectivity index (χ0) is 16.2. The monoisotopic (exact) mass is 311 g/mol. The average Bonchev–Trinajstić information content (AvgIpc) is 3.04. The molecule has 0 amide bonds. The second-order valence-corrected chi connectivity index (χ2v) is 5.69. The third-order valence-corrected chi connectivity index (χ3v) is 3.89. The molecule has 1 saturated heterocycles. The molecule has 1 aromatic heterocycles. The van der Waals surface area contributed by atoms with Crippen LogP contribution in [0.15, 0.2) is 35.3 Å². The van der Waals surface area contributed by atoms with Gasteiger partial charge in [-0.3, -0.25) is 0 Å². The molecule has 0 bridgehead atoms. The molecule has 2 heterocycles. The van der Waals surface area contributed by atoms with Crippen LogP contribution < -0.4 is 11.5 Å². The lowest BCUT2D eigenvalue weighted by Gasteiger charge is -2.11. The molecule has 120 valence electrons. The van der Waals surface area contributed by atoms with E-state index in [2.05, 4.69) is 15.0 Å². The Bertz CT molecular complexity index is 708. The molecule has 0 spiro atoms. The number of ether oxygens (including phenoxy) is 1. The summed E-state index contributed by atoms with van der Waals surface area (Å²) in [4.78, 5) is 13.0. The van der Waals surface area contributed by atoms with Crippen LogP contribution in [0.2, 0.25) is 0 Å². The quantitative estimate of drug-likeness (QED) is 0.668. The first-order chi connectivity index (χ1) is 11.1. The molecule has 0 aliphatic carbocycles. The van der Waals surface area contributed by atoms with E-state index in [0.717, 1.165) is 36.3 Å². The Morgan fingerprint density at radius 1 is 1.30 bits per heavy atom. The summed E-state index contributed by atoms with van der Waals surface area (Å²) in [5.41, 5.74) is 14.5. The van der Waals surface area contributed by atoms with Crippen LogP contribution in [0.25, 0.3) is 11.3 Å². The lowest BCUT2D eigenvalue weighted by molar-refractivity contribution is 0.116. The third kappa shape index (κ3) is 3.65. The Kier molecular flexibility index (Phi) is 4.52.